The first-order valence-corrected chi connectivity index (χ1v) is 9.10. The van der Waals surface area contributed by atoms with Crippen molar-refractivity contribution in [1.82, 2.24) is 19.9 Å². The SMILES string of the molecule is Cc1cc(C)c(C(=O)N2CCCCC2c2nc3ccc(F)cc3[nH]2)c(=O)[nH]1. The quantitative estimate of drug-likeness (QED) is 0.728. The molecule has 1 atom stereocenters. The number of halogens is 1. The van der Waals surface area contributed by atoms with E-state index in [1.165, 1.54) is 12.1 Å². The largest absolute Gasteiger partial charge is 0.340 e. The van der Waals surface area contributed by atoms with Gasteiger partial charge in [-0.3, -0.25) is 9.59 Å². The van der Waals surface area contributed by atoms with Crippen LogP contribution in [0.25, 0.3) is 11.0 Å². The molecule has 27 heavy (non-hydrogen) atoms. The second kappa shape index (κ2) is 6.64. The van der Waals surface area contributed by atoms with E-state index in [-0.39, 0.29) is 28.9 Å². The number of nitrogens with zero attached hydrogens (tertiary/aromatic N) is 2. The van der Waals surface area contributed by atoms with Crippen molar-refractivity contribution in [2.45, 2.75) is 39.2 Å². The van der Waals surface area contributed by atoms with Crippen LogP contribution in [0.5, 0.6) is 0 Å². The average Bonchev–Trinajstić information content (AvgIpc) is 3.03. The zero-order valence-electron chi connectivity index (χ0n) is 15.3. The lowest BCUT2D eigenvalue weighted by atomic mass is 9.99. The summed E-state index contributed by atoms with van der Waals surface area (Å²) in [6, 6.07) is 5.93. The monoisotopic (exact) mass is 368 g/mol. The first-order valence-electron chi connectivity index (χ1n) is 9.10. The van der Waals surface area contributed by atoms with Gasteiger partial charge in [-0.15, -0.1) is 0 Å². The summed E-state index contributed by atoms with van der Waals surface area (Å²) in [7, 11) is 0. The number of likely N-dealkylation sites (tertiary alicyclic amines) is 1. The molecule has 3 heterocycles. The molecule has 1 unspecified atom stereocenters. The highest BCUT2D eigenvalue weighted by molar-refractivity contribution is 5.95. The topological polar surface area (TPSA) is 81.8 Å². The van der Waals surface area contributed by atoms with E-state index in [1.54, 1.807) is 30.9 Å². The van der Waals surface area contributed by atoms with Gasteiger partial charge in [0.05, 0.1) is 17.1 Å². The standard InChI is InChI=1S/C20H21FN4O2/c1-11-9-12(2)22-19(26)17(11)20(27)25-8-4-3-5-16(25)18-23-14-7-6-13(21)10-15(14)24-18/h6-7,9-10,16H,3-5,8H2,1-2H3,(H,22,26)(H,23,24). The minimum atomic E-state index is -0.367. The average molecular weight is 368 g/mol. The highest BCUT2D eigenvalue weighted by Gasteiger charge is 2.32. The van der Waals surface area contributed by atoms with Crippen LogP contribution in [0.15, 0.2) is 29.1 Å². The molecule has 140 valence electrons. The van der Waals surface area contributed by atoms with E-state index in [0.29, 0.717) is 29.0 Å². The maximum Gasteiger partial charge on any atom is 0.261 e. The van der Waals surface area contributed by atoms with Crippen LogP contribution < -0.4 is 5.56 Å². The third kappa shape index (κ3) is 3.13. The minimum Gasteiger partial charge on any atom is -0.340 e. The summed E-state index contributed by atoms with van der Waals surface area (Å²) < 4.78 is 13.5. The minimum absolute atomic E-state index is 0.176. The molecular formula is C20H21FN4O2. The fourth-order valence-corrected chi connectivity index (χ4v) is 3.88. The van der Waals surface area contributed by atoms with Gasteiger partial charge in [0.25, 0.3) is 11.5 Å². The molecule has 1 aliphatic rings. The predicted molar refractivity (Wildman–Crippen MR) is 100 cm³/mol. The first kappa shape index (κ1) is 17.5. The van der Waals surface area contributed by atoms with Crippen molar-refractivity contribution in [2.24, 2.45) is 0 Å². The van der Waals surface area contributed by atoms with Crippen molar-refractivity contribution >= 4 is 16.9 Å². The molecule has 0 radical (unpaired) electrons. The Morgan fingerprint density at radius 2 is 2.04 bits per heavy atom. The second-order valence-corrected chi connectivity index (χ2v) is 7.13. The Morgan fingerprint density at radius 1 is 1.22 bits per heavy atom. The Balaban J connectivity index is 1.74. The van der Waals surface area contributed by atoms with Gasteiger partial charge < -0.3 is 14.9 Å². The summed E-state index contributed by atoms with van der Waals surface area (Å²) in [6.07, 6.45) is 2.58. The fraction of sp³-hybridized carbons (Fsp3) is 0.350. The number of carbonyl (C=O) groups excluding carboxylic acids is 1. The van der Waals surface area contributed by atoms with Gasteiger partial charge >= 0.3 is 0 Å². The van der Waals surface area contributed by atoms with E-state index in [1.807, 2.05) is 0 Å². The van der Waals surface area contributed by atoms with Gasteiger partial charge in [0.2, 0.25) is 0 Å². The van der Waals surface area contributed by atoms with E-state index in [2.05, 4.69) is 15.0 Å². The van der Waals surface area contributed by atoms with Crippen molar-refractivity contribution in [3.63, 3.8) is 0 Å². The normalized spacial score (nSPS) is 17.4. The van der Waals surface area contributed by atoms with E-state index in [9.17, 15) is 14.0 Å². The molecule has 1 fully saturated rings. The van der Waals surface area contributed by atoms with Crippen molar-refractivity contribution in [1.29, 1.82) is 0 Å². The number of H-pyrrole nitrogens is 2. The van der Waals surface area contributed by atoms with E-state index in [0.717, 1.165) is 25.0 Å². The number of piperidine rings is 1. The molecule has 0 aliphatic carbocycles. The molecule has 1 amide bonds. The zero-order valence-corrected chi connectivity index (χ0v) is 15.3. The van der Waals surface area contributed by atoms with Crippen LogP contribution in [-0.2, 0) is 0 Å². The molecule has 2 N–H and O–H groups in total. The summed E-state index contributed by atoms with van der Waals surface area (Å²) in [5, 5.41) is 0. The van der Waals surface area contributed by atoms with Gasteiger partial charge in [-0.25, -0.2) is 9.37 Å². The number of pyridine rings is 1. The number of rotatable bonds is 2. The van der Waals surface area contributed by atoms with Crippen LogP contribution in [-0.4, -0.2) is 32.3 Å². The summed E-state index contributed by atoms with van der Waals surface area (Å²) >= 11 is 0. The number of benzene rings is 1. The van der Waals surface area contributed by atoms with Crippen molar-refractivity contribution in [3.8, 4) is 0 Å². The van der Waals surface area contributed by atoms with Crippen LogP contribution >= 0.6 is 0 Å². The Kier molecular flexibility index (Phi) is 4.30. The maximum absolute atomic E-state index is 13.5. The van der Waals surface area contributed by atoms with Crippen LogP contribution in [0, 0.1) is 19.7 Å². The number of fused-ring (bicyclic) bond motifs is 1. The lowest BCUT2D eigenvalue weighted by molar-refractivity contribution is 0.0598. The van der Waals surface area contributed by atoms with Crippen LogP contribution in [0.3, 0.4) is 0 Å². The maximum atomic E-state index is 13.5. The molecule has 0 bridgehead atoms. The molecule has 1 aromatic carbocycles. The molecule has 4 rings (SSSR count). The zero-order chi connectivity index (χ0) is 19.1. The number of carbonyl (C=O) groups is 1. The summed E-state index contributed by atoms with van der Waals surface area (Å²) in [6.45, 7) is 4.12. The fourth-order valence-electron chi connectivity index (χ4n) is 3.88. The van der Waals surface area contributed by atoms with Crippen LogP contribution in [0.1, 0.15) is 52.7 Å². The molecule has 0 saturated carbocycles. The van der Waals surface area contributed by atoms with Crippen molar-refractivity contribution in [2.75, 3.05) is 6.54 Å². The number of aromatic nitrogens is 3. The second-order valence-electron chi connectivity index (χ2n) is 7.13. The summed E-state index contributed by atoms with van der Waals surface area (Å²) in [5.74, 6) is 0.00557. The van der Waals surface area contributed by atoms with Gasteiger partial charge in [0, 0.05) is 12.2 Å². The van der Waals surface area contributed by atoms with Gasteiger partial charge in [0.15, 0.2) is 0 Å². The number of hydrogen-bond donors (Lipinski definition) is 2. The first-order chi connectivity index (χ1) is 12.9. The van der Waals surface area contributed by atoms with Crippen molar-refractivity contribution < 1.29 is 9.18 Å². The predicted octanol–water partition coefficient (Wildman–Crippen LogP) is 3.37. The molecule has 7 heteroatoms. The Hall–Kier alpha value is -2.96. The Bertz CT molecular complexity index is 1090. The summed E-state index contributed by atoms with van der Waals surface area (Å²) in [5.41, 5.74) is 2.46. The number of aromatic amines is 2. The molecular weight excluding hydrogens is 347 g/mol. The number of hydrogen-bond acceptors (Lipinski definition) is 3. The van der Waals surface area contributed by atoms with E-state index in [4.69, 9.17) is 0 Å². The van der Waals surface area contributed by atoms with Crippen molar-refractivity contribution in [3.05, 3.63) is 63.1 Å². The number of imidazole rings is 1. The van der Waals surface area contributed by atoms with Gasteiger partial charge in [-0.1, -0.05) is 0 Å². The van der Waals surface area contributed by atoms with Gasteiger partial charge in [-0.2, -0.15) is 0 Å². The Morgan fingerprint density at radius 3 is 2.81 bits per heavy atom. The third-order valence-corrected chi connectivity index (χ3v) is 5.12. The number of nitrogens with one attached hydrogen (secondary N) is 2. The number of amides is 1. The van der Waals surface area contributed by atoms with Gasteiger partial charge in [-0.05, 0) is 62.9 Å². The van der Waals surface area contributed by atoms with E-state index >= 15 is 0 Å². The van der Waals surface area contributed by atoms with E-state index < -0.39 is 0 Å². The lowest BCUT2D eigenvalue weighted by Gasteiger charge is -2.34. The van der Waals surface area contributed by atoms with Gasteiger partial charge in [0.1, 0.15) is 17.2 Å². The molecule has 3 aromatic rings. The van der Waals surface area contributed by atoms with Crippen LogP contribution in [0.4, 0.5) is 4.39 Å². The summed E-state index contributed by atoms with van der Waals surface area (Å²) in [4.78, 5) is 37.7. The molecule has 2 aromatic heterocycles. The molecule has 1 aliphatic heterocycles. The molecule has 0 spiro atoms. The third-order valence-electron chi connectivity index (χ3n) is 5.12. The molecule has 6 nitrogen and oxygen atoms in total. The highest BCUT2D eigenvalue weighted by Crippen LogP contribution is 2.31. The Labute approximate surface area is 155 Å². The number of aryl methyl sites for hydroxylation is 2. The smallest absolute Gasteiger partial charge is 0.261 e. The molecule has 1 saturated heterocycles. The van der Waals surface area contributed by atoms with Crippen LogP contribution in [0.2, 0.25) is 0 Å². The lowest BCUT2D eigenvalue weighted by Crippen LogP contribution is -2.41. The highest BCUT2D eigenvalue weighted by atomic mass is 19.1.